The Morgan fingerprint density at radius 3 is 2.51 bits per heavy atom. The fraction of sp³-hybridized carbons (Fsp3) is 0.0811. The van der Waals surface area contributed by atoms with Gasteiger partial charge in [0, 0.05) is 28.8 Å². The van der Waals surface area contributed by atoms with E-state index in [2.05, 4.69) is 57.7 Å². The van der Waals surface area contributed by atoms with E-state index < -0.39 is 0 Å². The van der Waals surface area contributed by atoms with Crippen LogP contribution in [0.15, 0.2) is 103 Å². The number of ether oxygens (including phenoxy) is 1. The average molecular weight is 764 g/mol. The van der Waals surface area contributed by atoms with Crippen molar-refractivity contribution in [3.05, 3.63) is 144 Å². The van der Waals surface area contributed by atoms with E-state index in [1.807, 2.05) is 85.1 Å². The van der Waals surface area contributed by atoms with Gasteiger partial charge in [-0.3, -0.25) is 4.68 Å². The Kier molecular flexibility index (Phi) is 8.30. The van der Waals surface area contributed by atoms with E-state index in [1.54, 1.807) is 4.68 Å². The fourth-order valence-electron chi connectivity index (χ4n) is 5.61. The van der Waals surface area contributed by atoms with Gasteiger partial charge in [-0.05, 0) is 47.3 Å². The maximum atomic E-state index is 9.53. The van der Waals surface area contributed by atoms with Gasteiger partial charge in [0.1, 0.15) is 11.5 Å². The minimum atomic E-state index is 0. The minimum Gasteiger partial charge on any atom is -0.509 e. The maximum absolute atomic E-state index is 9.53. The number of benzene rings is 4. The summed E-state index contributed by atoms with van der Waals surface area (Å²) in [6, 6.07) is 40.5. The molecule has 0 aliphatic heterocycles. The molecule has 8 heteroatoms. The van der Waals surface area contributed by atoms with Crippen molar-refractivity contribution in [3.63, 3.8) is 0 Å². The first-order valence-corrected chi connectivity index (χ1v) is 14.1. The van der Waals surface area contributed by atoms with Crippen LogP contribution in [0.3, 0.4) is 0 Å². The van der Waals surface area contributed by atoms with Crippen LogP contribution in [0.2, 0.25) is 0 Å². The Hall–Kier alpha value is -5.49. The van der Waals surface area contributed by atoms with E-state index >= 15 is 0 Å². The topological polar surface area (TPSA) is 73.0 Å². The molecule has 0 radical (unpaired) electrons. The van der Waals surface area contributed by atoms with Crippen molar-refractivity contribution in [2.75, 3.05) is 0 Å². The van der Waals surface area contributed by atoms with Crippen LogP contribution in [0.1, 0.15) is 17.0 Å². The first-order valence-electron chi connectivity index (χ1n) is 14.1. The molecule has 7 rings (SSSR count). The van der Waals surface area contributed by atoms with Crippen molar-refractivity contribution in [2.24, 2.45) is 0 Å². The van der Waals surface area contributed by atoms with E-state index in [0.29, 0.717) is 28.6 Å². The monoisotopic (exact) mass is 763 g/mol. The van der Waals surface area contributed by atoms with Crippen molar-refractivity contribution in [3.8, 4) is 40.2 Å². The number of rotatable bonds is 7. The number of aryl methyl sites for hydroxylation is 1. The molecule has 7 nitrogen and oxygen atoms in total. The van der Waals surface area contributed by atoms with Gasteiger partial charge in [-0.15, -0.1) is 35.7 Å². The Labute approximate surface area is 275 Å². The predicted octanol–water partition coefficient (Wildman–Crippen LogP) is 8.22. The molecule has 4 aromatic carbocycles. The zero-order chi connectivity index (χ0) is 30.0. The quantitative estimate of drug-likeness (QED) is 0.154. The van der Waals surface area contributed by atoms with Crippen LogP contribution >= 0.6 is 0 Å². The van der Waals surface area contributed by atoms with Crippen molar-refractivity contribution in [1.29, 1.82) is 5.26 Å². The van der Waals surface area contributed by atoms with Crippen LogP contribution in [0.25, 0.3) is 49.3 Å². The minimum absolute atomic E-state index is 0. The molecule has 0 saturated carbocycles. The van der Waals surface area contributed by atoms with Gasteiger partial charge in [-0.2, -0.15) is 22.5 Å². The number of aromatic nitrogens is 4. The molecule has 0 spiro atoms. The Morgan fingerprint density at radius 1 is 0.911 bits per heavy atom. The second-order valence-electron chi connectivity index (χ2n) is 10.3. The van der Waals surface area contributed by atoms with Gasteiger partial charge in [0.15, 0.2) is 0 Å². The zero-order valence-corrected chi connectivity index (χ0v) is 26.4. The third-order valence-corrected chi connectivity index (χ3v) is 7.48. The Morgan fingerprint density at radius 2 is 1.71 bits per heavy atom. The second kappa shape index (κ2) is 12.6. The first-order chi connectivity index (χ1) is 21.6. The maximum Gasteiger partial charge on any atom is 2.00 e. The van der Waals surface area contributed by atoms with Crippen LogP contribution in [0.5, 0.6) is 11.5 Å². The number of hydrogen-bond acceptors (Lipinski definition) is 4. The molecular formula is C37H24N6OPt. The van der Waals surface area contributed by atoms with E-state index in [4.69, 9.17) is 16.4 Å². The molecule has 0 bridgehead atoms. The number of nitriles is 1. The van der Waals surface area contributed by atoms with Gasteiger partial charge in [0.2, 0.25) is 0 Å². The molecule has 218 valence electrons. The molecule has 7 aromatic rings. The zero-order valence-electron chi connectivity index (χ0n) is 24.1. The molecule has 0 unspecified atom stereocenters. The van der Waals surface area contributed by atoms with Crippen molar-refractivity contribution < 1.29 is 25.8 Å². The molecule has 0 amide bonds. The summed E-state index contributed by atoms with van der Waals surface area (Å²) < 4.78 is 10.1. The molecular weight excluding hydrogens is 740 g/mol. The van der Waals surface area contributed by atoms with Gasteiger partial charge >= 0.3 is 21.1 Å². The SMILES string of the molecule is [C-]#[N+]Cc1c(-c2ccccc2)c(CC#N)nn1-c1[c-]c(Oc2[c-]c3c(cc2)c2ccccc2n3-c2cc(C)ccn2)ccc1.[Pt+2]. The van der Waals surface area contributed by atoms with Crippen molar-refractivity contribution in [1.82, 2.24) is 19.3 Å². The number of fused-ring (bicyclic) bond motifs is 3. The van der Waals surface area contributed by atoms with Crippen molar-refractivity contribution >= 4 is 21.8 Å². The van der Waals surface area contributed by atoms with E-state index in [-0.39, 0.29) is 34.0 Å². The normalized spacial score (nSPS) is 10.7. The summed E-state index contributed by atoms with van der Waals surface area (Å²) in [5.41, 5.74) is 6.66. The molecule has 3 heterocycles. The van der Waals surface area contributed by atoms with Gasteiger partial charge in [0.05, 0.1) is 18.2 Å². The number of nitrogens with zero attached hydrogens (tertiary/aromatic N) is 6. The van der Waals surface area contributed by atoms with Gasteiger partial charge in [0.25, 0.3) is 6.54 Å². The predicted molar refractivity (Wildman–Crippen MR) is 170 cm³/mol. The molecule has 3 aromatic heterocycles. The van der Waals surface area contributed by atoms with Gasteiger partial charge in [-0.1, -0.05) is 54.0 Å². The molecule has 0 atom stereocenters. The second-order valence-corrected chi connectivity index (χ2v) is 10.3. The van der Waals surface area contributed by atoms with Crippen LogP contribution in [0, 0.1) is 37.0 Å². The fourth-order valence-corrected chi connectivity index (χ4v) is 5.61. The summed E-state index contributed by atoms with van der Waals surface area (Å²) in [4.78, 5) is 8.33. The van der Waals surface area contributed by atoms with Crippen LogP contribution in [-0.4, -0.2) is 19.3 Å². The molecule has 0 aliphatic rings. The molecule has 0 saturated heterocycles. The van der Waals surface area contributed by atoms with Crippen LogP contribution in [0.4, 0.5) is 0 Å². The number of hydrogen-bond donors (Lipinski definition) is 0. The van der Waals surface area contributed by atoms with E-state index in [0.717, 1.165) is 44.3 Å². The van der Waals surface area contributed by atoms with E-state index in [1.165, 1.54) is 0 Å². The average Bonchev–Trinajstić information content (AvgIpc) is 3.57. The molecule has 45 heavy (non-hydrogen) atoms. The summed E-state index contributed by atoms with van der Waals surface area (Å²) >= 11 is 0. The number of para-hydroxylation sites is 1. The number of pyridine rings is 1. The van der Waals surface area contributed by atoms with Crippen LogP contribution in [-0.2, 0) is 34.0 Å². The molecule has 0 fully saturated rings. The third-order valence-electron chi connectivity index (χ3n) is 7.48. The van der Waals surface area contributed by atoms with Crippen LogP contribution < -0.4 is 4.74 Å². The smallest absolute Gasteiger partial charge is 0.509 e. The Bertz CT molecular complexity index is 2260. The summed E-state index contributed by atoms with van der Waals surface area (Å²) in [5, 5.41) is 16.5. The first kappa shape index (κ1) is 29.6. The Balaban J connectivity index is 0.00000357. The molecule has 0 aliphatic carbocycles. The standard InChI is InChI=1S/C37H24N6O.Pt/c1-25-18-20-40-36(21-25)42-33-14-7-6-13-30(33)31-16-15-29(23-34(31)42)44-28-12-8-11-27(22-28)43-35(24-39-2)37(32(41-43)17-19-38)26-9-4-3-5-10-26;/h3-16,18,20-21H,17,24H2,1H3;/q-2;+2. The summed E-state index contributed by atoms with van der Waals surface area (Å²) in [6.07, 6.45) is 1.94. The van der Waals surface area contributed by atoms with Crippen molar-refractivity contribution in [2.45, 2.75) is 19.9 Å². The van der Waals surface area contributed by atoms with E-state index in [9.17, 15) is 5.26 Å². The largest absolute Gasteiger partial charge is 2.00 e. The summed E-state index contributed by atoms with van der Waals surface area (Å²) in [6.45, 7) is 9.78. The summed E-state index contributed by atoms with van der Waals surface area (Å²) in [5.74, 6) is 1.81. The van der Waals surface area contributed by atoms with Gasteiger partial charge < -0.3 is 14.1 Å². The summed E-state index contributed by atoms with van der Waals surface area (Å²) in [7, 11) is 0. The molecule has 0 N–H and O–H groups in total. The third kappa shape index (κ3) is 5.51. The van der Waals surface area contributed by atoms with Gasteiger partial charge in [-0.25, -0.2) is 11.6 Å².